The van der Waals surface area contributed by atoms with E-state index in [0.29, 0.717) is 28.8 Å². The topological polar surface area (TPSA) is 104 Å². The summed E-state index contributed by atoms with van der Waals surface area (Å²) in [6.45, 7) is 8.52. The van der Waals surface area contributed by atoms with Crippen LogP contribution in [0, 0.1) is 11.8 Å². The van der Waals surface area contributed by atoms with Crippen LogP contribution in [-0.2, 0) is 16.0 Å². The van der Waals surface area contributed by atoms with Crippen LogP contribution in [0.1, 0.15) is 49.5 Å². The predicted molar refractivity (Wildman–Crippen MR) is 116 cm³/mol. The summed E-state index contributed by atoms with van der Waals surface area (Å²) >= 11 is 1.37. The van der Waals surface area contributed by atoms with Gasteiger partial charge in [0.2, 0.25) is 16.9 Å². The van der Waals surface area contributed by atoms with Gasteiger partial charge in [-0.25, -0.2) is 0 Å². The molecule has 3 rings (SSSR count). The molecule has 1 atom stereocenters. The summed E-state index contributed by atoms with van der Waals surface area (Å²) in [6.07, 6.45) is 1.05. The van der Waals surface area contributed by atoms with Crippen molar-refractivity contribution in [2.24, 2.45) is 11.8 Å². The second kappa shape index (κ2) is 9.34. The van der Waals surface area contributed by atoms with Gasteiger partial charge in [-0.2, -0.15) is 0 Å². The van der Waals surface area contributed by atoms with Crippen LogP contribution in [-0.4, -0.2) is 45.4 Å². The van der Waals surface area contributed by atoms with Crippen molar-refractivity contribution in [3.63, 3.8) is 0 Å². The van der Waals surface area contributed by atoms with Gasteiger partial charge < -0.3 is 10.2 Å². The summed E-state index contributed by atoms with van der Waals surface area (Å²) < 4.78 is 0. The van der Waals surface area contributed by atoms with Crippen molar-refractivity contribution in [3.05, 3.63) is 34.8 Å². The Bertz CT molecular complexity index is 923. The van der Waals surface area contributed by atoms with Crippen LogP contribution >= 0.6 is 11.3 Å². The van der Waals surface area contributed by atoms with E-state index in [2.05, 4.69) is 34.7 Å². The van der Waals surface area contributed by atoms with Gasteiger partial charge in [0.05, 0.1) is 5.92 Å². The highest BCUT2D eigenvalue weighted by molar-refractivity contribution is 7.15. The lowest BCUT2D eigenvalue weighted by Gasteiger charge is -2.20. The lowest BCUT2D eigenvalue weighted by molar-refractivity contribution is -0.129. The van der Waals surface area contributed by atoms with Gasteiger partial charge in [0.25, 0.3) is 5.91 Å². The summed E-state index contributed by atoms with van der Waals surface area (Å²) in [4.78, 5) is 38.6. The number of anilines is 2. The third kappa shape index (κ3) is 5.41. The summed E-state index contributed by atoms with van der Waals surface area (Å²) in [6, 6.07) is 6.72. The minimum Gasteiger partial charge on any atom is -0.339 e. The number of rotatable bonds is 7. The van der Waals surface area contributed by atoms with E-state index in [9.17, 15) is 14.4 Å². The van der Waals surface area contributed by atoms with Crippen molar-refractivity contribution in [3.8, 4) is 0 Å². The molecule has 1 aromatic heterocycles. The number of likely N-dealkylation sites (tertiary alicyclic amines) is 1. The zero-order chi connectivity index (χ0) is 21.8. The molecule has 9 heteroatoms. The van der Waals surface area contributed by atoms with Gasteiger partial charge in [-0.05, 0) is 44.0 Å². The number of benzene rings is 1. The van der Waals surface area contributed by atoms with Crippen LogP contribution in [0.5, 0.6) is 0 Å². The Morgan fingerprint density at radius 3 is 2.43 bits per heavy atom. The molecular formula is C21H27N5O3S. The van der Waals surface area contributed by atoms with Gasteiger partial charge in [0, 0.05) is 36.7 Å². The number of aromatic nitrogens is 2. The summed E-state index contributed by atoms with van der Waals surface area (Å²) in [5.41, 5.74) is 1.04. The Hall–Kier alpha value is -2.81. The van der Waals surface area contributed by atoms with Gasteiger partial charge >= 0.3 is 0 Å². The molecule has 3 amide bonds. The third-order valence-corrected chi connectivity index (χ3v) is 5.70. The molecule has 1 aromatic carbocycles. The Morgan fingerprint density at radius 2 is 1.83 bits per heavy atom. The fraction of sp³-hybridized carbons (Fsp3) is 0.476. The largest absolute Gasteiger partial charge is 0.339 e. The SMILES string of the molecule is CC(C)Cc1nnc(NC(=O)c2ccc(NC(=O)C3CC(=O)N(C(C)C)C3)cc2)s1. The maximum atomic E-state index is 12.5. The maximum Gasteiger partial charge on any atom is 0.257 e. The molecule has 2 aromatic rings. The summed E-state index contributed by atoms with van der Waals surface area (Å²) in [5.74, 6) is -0.352. The number of nitrogens with one attached hydrogen (secondary N) is 2. The molecule has 0 aliphatic carbocycles. The van der Waals surface area contributed by atoms with Crippen LogP contribution in [0.3, 0.4) is 0 Å². The summed E-state index contributed by atoms with van der Waals surface area (Å²) in [7, 11) is 0. The molecule has 2 heterocycles. The first kappa shape index (κ1) is 21.9. The lowest BCUT2D eigenvalue weighted by atomic mass is 10.1. The highest BCUT2D eigenvalue weighted by Gasteiger charge is 2.35. The monoisotopic (exact) mass is 429 g/mol. The number of hydrogen-bond donors (Lipinski definition) is 2. The first-order chi connectivity index (χ1) is 14.2. The van der Waals surface area contributed by atoms with Crippen molar-refractivity contribution in [2.75, 3.05) is 17.2 Å². The van der Waals surface area contributed by atoms with Crippen LogP contribution in [0.2, 0.25) is 0 Å². The van der Waals surface area contributed by atoms with E-state index in [0.717, 1.165) is 11.4 Å². The smallest absolute Gasteiger partial charge is 0.257 e. The molecular weight excluding hydrogens is 402 g/mol. The minimum atomic E-state index is -0.361. The van der Waals surface area contributed by atoms with Crippen molar-refractivity contribution in [1.29, 1.82) is 0 Å². The number of carbonyl (C=O) groups is 3. The molecule has 2 N–H and O–H groups in total. The Balaban J connectivity index is 1.55. The van der Waals surface area contributed by atoms with Gasteiger partial charge in [-0.1, -0.05) is 25.2 Å². The quantitative estimate of drug-likeness (QED) is 0.703. The van der Waals surface area contributed by atoms with E-state index < -0.39 is 0 Å². The molecule has 8 nitrogen and oxygen atoms in total. The van der Waals surface area contributed by atoms with Crippen molar-refractivity contribution >= 4 is 39.9 Å². The average molecular weight is 430 g/mol. The van der Waals surface area contributed by atoms with Gasteiger partial charge in [0.15, 0.2) is 0 Å². The molecule has 0 spiro atoms. The summed E-state index contributed by atoms with van der Waals surface area (Å²) in [5, 5.41) is 15.0. The number of hydrogen-bond acceptors (Lipinski definition) is 6. The molecule has 0 radical (unpaired) electrons. The number of amides is 3. The van der Waals surface area contributed by atoms with E-state index in [1.54, 1.807) is 29.2 Å². The minimum absolute atomic E-state index is 0.00500. The second-order valence-electron chi connectivity index (χ2n) is 8.16. The molecule has 1 aliphatic rings. The first-order valence-corrected chi connectivity index (χ1v) is 10.9. The molecule has 0 saturated carbocycles. The highest BCUT2D eigenvalue weighted by atomic mass is 32.1. The van der Waals surface area contributed by atoms with E-state index in [1.165, 1.54) is 11.3 Å². The van der Waals surface area contributed by atoms with E-state index >= 15 is 0 Å². The van der Waals surface area contributed by atoms with E-state index in [1.807, 2.05) is 13.8 Å². The second-order valence-corrected chi connectivity index (χ2v) is 9.22. The molecule has 1 saturated heterocycles. The van der Waals surface area contributed by atoms with Crippen molar-refractivity contribution in [1.82, 2.24) is 15.1 Å². The Morgan fingerprint density at radius 1 is 1.13 bits per heavy atom. The first-order valence-electron chi connectivity index (χ1n) is 10.1. The molecule has 1 aliphatic heterocycles. The van der Waals surface area contributed by atoms with Crippen molar-refractivity contribution in [2.45, 2.75) is 46.6 Å². The highest BCUT2D eigenvalue weighted by Crippen LogP contribution is 2.23. The zero-order valence-electron chi connectivity index (χ0n) is 17.6. The van der Waals surface area contributed by atoms with Gasteiger partial charge in [0.1, 0.15) is 5.01 Å². The molecule has 30 heavy (non-hydrogen) atoms. The normalized spacial score (nSPS) is 16.4. The van der Waals surface area contributed by atoms with Gasteiger partial charge in [-0.3, -0.25) is 19.7 Å². The van der Waals surface area contributed by atoms with Crippen LogP contribution < -0.4 is 10.6 Å². The van der Waals surface area contributed by atoms with Gasteiger partial charge in [-0.15, -0.1) is 10.2 Å². The van der Waals surface area contributed by atoms with Crippen LogP contribution in [0.15, 0.2) is 24.3 Å². The molecule has 1 fully saturated rings. The Kier molecular flexibility index (Phi) is 6.81. The lowest BCUT2D eigenvalue weighted by Crippen LogP contribution is -2.33. The number of carbonyl (C=O) groups excluding carboxylic acids is 3. The third-order valence-electron chi connectivity index (χ3n) is 4.84. The molecule has 0 bridgehead atoms. The fourth-order valence-corrected chi connectivity index (χ4v) is 4.21. The Labute approximate surface area is 180 Å². The van der Waals surface area contributed by atoms with Crippen LogP contribution in [0.25, 0.3) is 0 Å². The molecule has 160 valence electrons. The standard InChI is InChI=1S/C21H27N5O3S/c1-12(2)9-17-24-25-21(30-17)23-19(28)14-5-7-16(8-6-14)22-20(29)15-10-18(27)26(11-15)13(3)4/h5-8,12-13,15H,9-11H2,1-4H3,(H,22,29)(H,23,25,28). The number of nitrogens with zero attached hydrogens (tertiary/aromatic N) is 3. The fourth-order valence-electron chi connectivity index (χ4n) is 3.26. The van der Waals surface area contributed by atoms with Crippen molar-refractivity contribution < 1.29 is 14.4 Å². The molecule has 1 unspecified atom stereocenters. The van der Waals surface area contributed by atoms with E-state index in [-0.39, 0.29) is 36.1 Å². The van der Waals surface area contributed by atoms with Crippen LogP contribution in [0.4, 0.5) is 10.8 Å². The van der Waals surface area contributed by atoms with E-state index in [4.69, 9.17) is 0 Å². The zero-order valence-corrected chi connectivity index (χ0v) is 18.5. The average Bonchev–Trinajstić information content (AvgIpc) is 3.28. The predicted octanol–water partition coefficient (Wildman–Crippen LogP) is 3.18. The maximum absolute atomic E-state index is 12.5.